The molecule has 8 fully saturated rings. The van der Waals surface area contributed by atoms with E-state index in [1.807, 2.05) is 0 Å². The highest BCUT2D eigenvalue weighted by atomic mass is 16.8. The number of hydrogen-bond acceptors (Lipinski definition) is 25. The van der Waals surface area contributed by atoms with Crippen molar-refractivity contribution in [3.05, 3.63) is 47.6 Å². The van der Waals surface area contributed by atoms with Gasteiger partial charge in [0.1, 0.15) is 90.5 Å². The lowest BCUT2D eigenvalue weighted by atomic mass is 9.33. The number of aliphatic carboxylic acids is 1. The van der Waals surface area contributed by atoms with Crippen molar-refractivity contribution in [2.24, 2.45) is 50.2 Å². The van der Waals surface area contributed by atoms with Gasteiger partial charge >= 0.3 is 17.9 Å². The summed E-state index contributed by atoms with van der Waals surface area (Å²) in [7, 11) is 0. The normalized spacial score (nSPS) is 48.1. The second-order valence-corrected chi connectivity index (χ2v) is 28.3. The Morgan fingerprint density at radius 2 is 1.24 bits per heavy atom. The van der Waals surface area contributed by atoms with Crippen molar-refractivity contribution in [2.45, 2.75) is 235 Å². The van der Waals surface area contributed by atoms with Gasteiger partial charge < -0.3 is 114 Å². The molecule has 4 saturated carbocycles. The van der Waals surface area contributed by atoms with Gasteiger partial charge in [-0.2, -0.15) is 0 Å². The van der Waals surface area contributed by atoms with Crippen molar-refractivity contribution in [3.63, 3.8) is 0 Å². The van der Waals surface area contributed by atoms with Crippen LogP contribution in [0.5, 0.6) is 5.75 Å². The molecule has 1 aromatic carbocycles. The molecule has 10 rings (SSSR count). The highest BCUT2D eigenvalue weighted by Crippen LogP contribution is 2.76. The standard InChI is InChI=1S/C62H90O26/c1-57(2)20-21-62(56(79)88-54-50(84-38(68)15-10-27-8-11-28(65)12-9-27)47(31(66)26-80-54)85-52-45(75)41(71)39(69)32(24-63)81-52)30(22-57)29-13-14-35-59(5)18-17-37(58(3,4)34(59)16-19-60(35,6)61(29,7)23-36(62)67)83-55-49(44(74)43(73)48(86-55)51(77)78)87-53-46(76)42(72)40(70)33(25-64)82-53/h8-13,15,30-37,39-50,52-55,63-67,69-76H,14,16-26H2,1-7H3,(H,77,78)/b15-10+/t30-,31+,32+,33+,34-,35+,36+,37-,39+,40-,41-,42-,43-,44-,45+,46+,47-,48-,49+,50+,52-,53-,54-,55+,59-,60+,61+,62+/m0/s1. The van der Waals surface area contributed by atoms with Crippen LogP contribution in [0.25, 0.3) is 6.08 Å². The average Bonchev–Trinajstić information content (AvgIpc) is 0.689. The number of fused-ring (bicyclic) bond motifs is 7. The van der Waals surface area contributed by atoms with E-state index in [1.165, 1.54) is 30.3 Å². The van der Waals surface area contributed by atoms with Crippen LogP contribution in [-0.4, -0.2) is 238 Å². The van der Waals surface area contributed by atoms with Crippen molar-refractivity contribution >= 4 is 24.0 Å². The van der Waals surface area contributed by atoms with Crippen LogP contribution in [0, 0.1) is 50.2 Å². The zero-order valence-electron chi connectivity index (χ0n) is 50.5. The number of aliphatic hydroxyl groups is 12. The molecule has 0 spiro atoms. The molecule has 26 nitrogen and oxygen atoms in total. The van der Waals surface area contributed by atoms with E-state index in [4.69, 9.17) is 42.6 Å². The molecule has 88 heavy (non-hydrogen) atoms. The monoisotopic (exact) mass is 1250 g/mol. The van der Waals surface area contributed by atoms with Crippen LogP contribution >= 0.6 is 0 Å². The van der Waals surface area contributed by atoms with Crippen LogP contribution in [0.4, 0.5) is 0 Å². The number of allylic oxidation sites excluding steroid dienone is 2. The topological polar surface area (TPSA) is 418 Å². The minimum Gasteiger partial charge on any atom is -0.508 e. The van der Waals surface area contributed by atoms with E-state index in [0.717, 1.165) is 11.6 Å². The predicted octanol–water partition coefficient (Wildman–Crippen LogP) is -0.363. The molecule has 5 aliphatic carbocycles. The molecule has 4 aliphatic heterocycles. The SMILES string of the molecule is CC1(C)CC[C@]2(C(=O)O[C@@H]3OC[C@@H](O)[C@H](O[C@@H]4O[C@H](CO)[C@@H](O)[C@H](O)[C@H]4O)[C@H]3OC(=O)/C=C/c3ccc(O)cc3)[C@H](O)C[C@]3(C)C(=CC[C@@H]4[C@@]5(C)CC[C@H](O[C@@H]6O[C@H](C(=O)O)[C@@H](O)[C@H](O)[C@H]6O[C@@H]6O[C@H](CO)[C@H](O)[C@H](O)[C@H]6O)C(C)(C)[C@@H]5CC[C@]43C)[C@@H]2C1. The van der Waals surface area contributed by atoms with Gasteiger partial charge in [0.25, 0.3) is 0 Å². The molecule has 28 atom stereocenters. The Morgan fingerprint density at radius 3 is 1.84 bits per heavy atom. The summed E-state index contributed by atoms with van der Waals surface area (Å²) in [5, 5.41) is 151. The number of carbonyl (C=O) groups excluding carboxylic acids is 2. The van der Waals surface area contributed by atoms with Crippen LogP contribution in [0.2, 0.25) is 0 Å². The molecule has 26 heteroatoms. The molecule has 0 radical (unpaired) electrons. The lowest BCUT2D eigenvalue weighted by molar-refractivity contribution is -0.374. The minimum atomic E-state index is -2.04. The summed E-state index contributed by atoms with van der Waals surface area (Å²) in [6, 6.07) is 5.88. The molecule has 0 bridgehead atoms. The van der Waals surface area contributed by atoms with Crippen LogP contribution in [0.1, 0.15) is 112 Å². The maximum Gasteiger partial charge on any atom is 0.335 e. The number of ether oxygens (including phenoxy) is 9. The zero-order chi connectivity index (χ0) is 64.1. The Morgan fingerprint density at radius 1 is 0.625 bits per heavy atom. The number of phenolic OH excluding ortho intramolecular Hbond substituents is 1. The Balaban J connectivity index is 0.921. The summed E-state index contributed by atoms with van der Waals surface area (Å²) in [6.45, 7) is 12.9. The Bertz CT molecular complexity index is 2740. The molecule has 0 aromatic heterocycles. The highest BCUT2D eigenvalue weighted by Gasteiger charge is 2.72. The molecule has 9 aliphatic rings. The van der Waals surface area contributed by atoms with Crippen molar-refractivity contribution in [2.75, 3.05) is 19.8 Å². The van der Waals surface area contributed by atoms with E-state index in [9.17, 15) is 81.1 Å². The van der Waals surface area contributed by atoms with Crippen LogP contribution in [0.15, 0.2) is 42.0 Å². The second-order valence-electron chi connectivity index (χ2n) is 28.3. The van der Waals surface area contributed by atoms with Crippen molar-refractivity contribution in [1.29, 1.82) is 0 Å². The number of benzene rings is 1. The third-order valence-electron chi connectivity index (χ3n) is 22.6. The van der Waals surface area contributed by atoms with E-state index in [-0.39, 0.29) is 35.8 Å². The van der Waals surface area contributed by atoms with E-state index in [0.29, 0.717) is 50.5 Å². The van der Waals surface area contributed by atoms with Gasteiger partial charge in [0.15, 0.2) is 31.1 Å². The largest absolute Gasteiger partial charge is 0.508 e. The summed E-state index contributed by atoms with van der Waals surface area (Å²) in [6.07, 6.45) is -26.9. The summed E-state index contributed by atoms with van der Waals surface area (Å²) in [5.74, 6) is -4.12. The molecular weight excluding hydrogens is 1160 g/mol. The number of phenols is 1. The van der Waals surface area contributed by atoms with Gasteiger partial charge in [-0.05, 0) is 126 Å². The molecule has 0 unspecified atom stereocenters. The summed E-state index contributed by atoms with van der Waals surface area (Å²) < 4.78 is 54.1. The first-order valence-corrected chi connectivity index (χ1v) is 30.7. The smallest absolute Gasteiger partial charge is 0.335 e. The fourth-order valence-corrected chi connectivity index (χ4v) is 17.3. The van der Waals surface area contributed by atoms with Gasteiger partial charge in [-0.25, -0.2) is 9.59 Å². The summed E-state index contributed by atoms with van der Waals surface area (Å²) in [4.78, 5) is 41.9. The minimum absolute atomic E-state index is 0.00114. The van der Waals surface area contributed by atoms with Crippen molar-refractivity contribution < 1.29 is 129 Å². The third-order valence-corrected chi connectivity index (χ3v) is 22.6. The Hall–Kier alpha value is -3.85. The predicted molar refractivity (Wildman–Crippen MR) is 300 cm³/mol. The maximum atomic E-state index is 15.6. The van der Waals surface area contributed by atoms with Crippen molar-refractivity contribution in [3.8, 4) is 5.75 Å². The summed E-state index contributed by atoms with van der Waals surface area (Å²) >= 11 is 0. The third kappa shape index (κ3) is 11.5. The number of carbonyl (C=O) groups is 3. The van der Waals surface area contributed by atoms with Gasteiger partial charge in [0, 0.05) is 6.08 Å². The number of aliphatic hydroxyl groups excluding tert-OH is 12. The first-order valence-electron chi connectivity index (χ1n) is 30.7. The first kappa shape index (κ1) is 67.1. The molecule has 4 saturated heterocycles. The molecule has 0 amide bonds. The van der Waals surface area contributed by atoms with Crippen LogP contribution < -0.4 is 0 Å². The molecule has 4 heterocycles. The fourth-order valence-electron chi connectivity index (χ4n) is 17.3. The number of carboxylic acid groups (broad SMARTS) is 1. The van der Waals surface area contributed by atoms with E-state index >= 15 is 4.79 Å². The van der Waals surface area contributed by atoms with E-state index in [1.54, 1.807) is 0 Å². The van der Waals surface area contributed by atoms with Gasteiger partial charge in [-0.3, -0.25) is 4.79 Å². The lowest BCUT2D eigenvalue weighted by Gasteiger charge is -2.71. The number of aromatic hydroxyl groups is 1. The zero-order valence-corrected chi connectivity index (χ0v) is 50.5. The van der Waals surface area contributed by atoms with E-state index in [2.05, 4.69) is 54.5 Å². The van der Waals surface area contributed by atoms with Gasteiger partial charge in [-0.1, -0.05) is 72.2 Å². The average molecular weight is 1250 g/mol. The van der Waals surface area contributed by atoms with Crippen molar-refractivity contribution in [1.82, 2.24) is 0 Å². The number of hydrogen-bond donors (Lipinski definition) is 14. The Labute approximate surface area is 509 Å². The first-order chi connectivity index (χ1) is 41.3. The molecular formula is C62H90O26. The van der Waals surface area contributed by atoms with Gasteiger partial charge in [0.05, 0.1) is 32.0 Å². The summed E-state index contributed by atoms with van der Waals surface area (Å²) in [5.41, 5.74) is -2.67. The lowest BCUT2D eigenvalue weighted by Crippen LogP contribution is -2.68. The fraction of sp³-hybridized carbons (Fsp3) is 0.790. The molecule has 494 valence electrons. The van der Waals surface area contributed by atoms with Gasteiger partial charge in [0.2, 0.25) is 6.29 Å². The quantitative estimate of drug-likeness (QED) is 0.0489. The number of carboxylic acids is 1. The number of rotatable bonds is 14. The highest BCUT2D eigenvalue weighted by molar-refractivity contribution is 5.87. The van der Waals surface area contributed by atoms with Crippen LogP contribution in [0.3, 0.4) is 0 Å². The molecule has 1 aromatic rings. The van der Waals surface area contributed by atoms with E-state index < -0.39 is 200 Å². The maximum absolute atomic E-state index is 15.6. The Kier molecular flexibility index (Phi) is 19.0. The second kappa shape index (κ2) is 24.9. The van der Waals surface area contributed by atoms with Crippen LogP contribution in [-0.2, 0) is 57.0 Å². The van der Waals surface area contributed by atoms with Gasteiger partial charge in [-0.15, -0.1) is 0 Å². The number of esters is 2. The molecule has 14 N–H and O–H groups in total.